The van der Waals surface area contributed by atoms with Gasteiger partial charge in [0.05, 0.1) is 6.61 Å². The zero-order valence-corrected chi connectivity index (χ0v) is 11.9. The van der Waals surface area contributed by atoms with E-state index in [1.807, 2.05) is 12.1 Å². The van der Waals surface area contributed by atoms with Crippen LogP contribution in [-0.4, -0.2) is 31.5 Å². The van der Waals surface area contributed by atoms with Gasteiger partial charge in [0, 0.05) is 30.3 Å². The van der Waals surface area contributed by atoms with Gasteiger partial charge in [0.2, 0.25) is 0 Å². The van der Waals surface area contributed by atoms with E-state index >= 15 is 0 Å². The van der Waals surface area contributed by atoms with Crippen LogP contribution in [-0.2, 0) is 4.74 Å². The summed E-state index contributed by atoms with van der Waals surface area (Å²) in [6, 6.07) is 8.63. The smallest absolute Gasteiger partial charge is 0.0616 e. The maximum absolute atomic E-state index is 8.99. The van der Waals surface area contributed by atoms with Gasteiger partial charge >= 0.3 is 0 Å². The lowest BCUT2D eigenvalue weighted by Crippen LogP contribution is -2.36. The van der Waals surface area contributed by atoms with E-state index in [1.165, 1.54) is 5.56 Å². The fourth-order valence-electron chi connectivity index (χ4n) is 1.80. The Labute approximate surface area is 111 Å². The largest absolute Gasteiger partial charge is 0.396 e. The van der Waals surface area contributed by atoms with Gasteiger partial charge in [-0.3, -0.25) is 0 Å². The van der Waals surface area contributed by atoms with Crippen LogP contribution in [0.5, 0.6) is 0 Å². The van der Waals surface area contributed by atoms with Crippen LogP contribution in [0.2, 0.25) is 0 Å². The third-order valence-electron chi connectivity index (χ3n) is 2.68. The average molecular weight is 302 g/mol. The van der Waals surface area contributed by atoms with Gasteiger partial charge in [-0.25, -0.2) is 0 Å². The highest BCUT2D eigenvalue weighted by atomic mass is 79.9. The van der Waals surface area contributed by atoms with Crippen molar-refractivity contribution >= 4 is 15.9 Å². The summed E-state index contributed by atoms with van der Waals surface area (Å²) in [4.78, 5) is 0. The lowest BCUT2D eigenvalue weighted by atomic mass is 10.1. The summed E-state index contributed by atoms with van der Waals surface area (Å²) in [7, 11) is 1.68. The van der Waals surface area contributed by atoms with Crippen molar-refractivity contribution in [3.05, 3.63) is 34.3 Å². The summed E-state index contributed by atoms with van der Waals surface area (Å²) < 4.78 is 6.21. The minimum atomic E-state index is 0.173. The van der Waals surface area contributed by atoms with Crippen LogP contribution in [0.25, 0.3) is 0 Å². The van der Waals surface area contributed by atoms with Gasteiger partial charge in [0.15, 0.2) is 0 Å². The third kappa shape index (κ3) is 5.17. The number of aliphatic hydroxyl groups excluding tert-OH is 1. The SMILES string of the molecule is COCC(CCO)NC(C)c1cccc(Br)c1. The van der Waals surface area contributed by atoms with E-state index in [2.05, 4.69) is 40.3 Å². The highest BCUT2D eigenvalue weighted by Crippen LogP contribution is 2.18. The molecule has 0 aliphatic heterocycles. The molecule has 1 aromatic carbocycles. The number of methoxy groups -OCH3 is 1. The Bertz CT molecular complexity index is 327. The highest BCUT2D eigenvalue weighted by Gasteiger charge is 2.12. The Kier molecular flexibility index (Phi) is 6.73. The van der Waals surface area contributed by atoms with Crippen molar-refractivity contribution in [1.82, 2.24) is 5.32 Å². The molecule has 2 atom stereocenters. The van der Waals surface area contributed by atoms with Crippen molar-refractivity contribution in [3.8, 4) is 0 Å². The molecule has 4 heteroatoms. The topological polar surface area (TPSA) is 41.5 Å². The monoisotopic (exact) mass is 301 g/mol. The van der Waals surface area contributed by atoms with E-state index < -0.39 is 0 Å². The molecular formula is C13H20BrNO2. The first-order valence-corrected chi connectivity index (χ1v) is 6.58. The Balaban J connectivity index is 2.59. The second-order valence-corrected chi connectivity index (χ2v) is 5.02. The molecule has 0 saturated heterocycles. The maximum atomic E-state index is 8.99. The molecule has 96 valence electrons. The van der Waals surface area contributed by atoms with Gasteiger partial charge in [-0.1, -0.05) is 28.1 Å². The molecule has 0 bridgehead atoms. The Morgan fingerprint density at radius 3 is 2.82 bits per heavy atom. The number of nitrogens with one attached hydrogen (secondary N) is 1. The fourth-order valence-corrected chi connectivity index (χ4v) is 2.21. The van der Waals surface area contributed by atoms with Crippen LogP contribution < -0.4 is 5.32 Å². The molecule has 0 spiro atoms. The molecule has 1 rings (SSSR count). The van der Waals surface area contributed by atoms with Crippen LogP contribution in [0, 0.1) is 0 Å². The average Bonchev–Trinajstić information content (AvgIpc) is 2.29. The van der Waals surface area contributed by atoms with Crippen molar-refractivity contribution < 1.29 is 9.84 Å². The fraction of sp³-hybridized carbons (Fsp3) is 0.538. The van der Waals surface area contributed by atoms with Crippen LogP contribution in [0.1, 0.15) is 24.9 Å². The third-order valence-corrected chi connectivity index (χ3v) is 3.17. The Morgan fingerprint density at radius 1 is 1.47 bits per heavy atom. The normalized spacial score (nSPS) is 14.6. The van der Waals surface area contributed by atoms with E-state index in [-0.39, 0.29) is 18.7 Å². The second kappa shape index (κ2) is 7.82. The molecule has 3 nitrogen and oxygen atoms in total. The molecule has 2 unspecified atom stereocenters. The van der Waals surface area contributed by atoms with Gasteiger partial charge in [-0.2, -0.15) is 0 Å². The van der Waals surface area contributed by atoms with E-state index in [9.17, 15) is 0 Å². The van der Waals surface area contributed by atoms with Gasteiger partial charge in [-0.15, -0.1) is 0 Å². The van der Waals surface area contributed by atoms with E-state index in [0.29, 0.717) is 13.0 Å². The number of hydrogen-bond donors (Lipinski definition) is 2. The summed E-state index contributed by atoms with van der Waals surface area (Å²) in [6.07, 6.45) is 0.701. The van der Waals surface area contributed by atoms with Crippen molar-refractivity contribution in [2.75, 3.05) is 20.3 Å². The quantitative estimate of drug-likeness (QED) is 0.813. The summed E-state index contributed by atoms with van der Waals surface area (Å²) in [5, 5.41) is 12.4. The Morgan fingerprint density at radius 2 is 2.24 bits per heavy atom. The summed E-state index contributed by atoms with van der Waals surface area (Å²) in [6.45, 7) is 2.90. The lowest BCUT2D eigenvalue weighted by molar-refractivity contribution is 0.143. The van der Waals surface area contributed by atoms with Gasteiger partial charge in [-0.05, 0) is 31.0 Å². The molecule has 0 aromatic heterocycles. The van der Waals surface area contributed by atoms with Crippen molar-refractivity contribution in [2.24, 2.45) is 0 Å². The first kappa shape index (κ1) is 14.6. The number of hydrogen-bond acceptors (Lipinski definition) is 3. The number of halogens is 1. The predicted molar refractivity (Wildman–Crippen MR) is 73.1 cm³/mol. The molecule has 0 amide bonds. The van der Waals surface area contributed by atoms with Crippen LogP contribution in [0.3, 0.4) is 0 Å². The van der Waals surface area contributed by atoms with Gasteiger partial charge in [0.1, 0.15) is 0 Å². The standard InChI is InChI=1S/C13H20BrNO2/c1-10(11-4-3-5-12(14)8-11)15-13(6-7-16)9-17-2/h3-5,8,10,13,15-16H,6-7,9H2,1-2H3. The lowest BCUT2D eigenvalue weighted by Gasteiger charge is -2.22. The number of aliphatic hydroxyl groups is 1. The maximum Gasteiger partial charge on any atom is 0.0616 e. The van der Waals surface area contributed by atoms with E-state index in [0.717, 1.165) is 4.47 Å². The first-order valence-electron chi connectivity index (χ1n) is 5.78. The van der Waals surface area contributed by atoms with Gasteiger partial charge in [0.25, 0.3) is 0 Å². The van der Waals surface area contributed by atoms with Crippen LogP contribution >= 0.6 is 15.9 Å². The molecule has 0 heterocycles. The number of rotatable bonds is 7. The van der Waals surface area contributed by atoms with E-state index in [1.54, 1.807) is 7.11 Å². The molecule has 0 aliphatic carbocycles. The second-order valence-electron chi connectivity index (χ2n) is 4.11. The molecule has 17 heavy (non-hydrogen) atoms. The Hall–Kier alpha value is -0.420. The van der Waals surface area contributed by atoms with Gasteiger partial charge < -0.3 is 15.2 Å². The molecule has 0 fully saturated rings. The minimum Gasteiger partial charge on any atom is -0.396 e. The predicted octanol–water partition coefficient (Wildman–Crippen LogP) is 2.50. The van der Waals surface area contributed by atoms with Crippen LogP contribution in [0.15, 0.2) is 28.7 Å². The molecule has 0 radical (unpaired) electrons. The van der Waals surface area contributed by atoms with Crippen LogP contribution in [0.4, 0.5) is 0 Å². The summed E-state index contributed by atoms with van der Waals surface area (Å²) in [5.74, 6) is 0. The van der Waals surface area contributed by atoms with E-state index in [4.69, 9.17) is 9.84 Å². The minimum absolute atomic E-state index is 0.173. The highest BCUT2D eigenvalue weighted by molar-refractivity contribution is 9.10. The first-order chi connectivity index (χ1) is 8.17. The molecule has 0 saturated carbocycles. The van der Waals surface area contributed by atoms with Crippen molar-refractivity contribution in [1.29, 1.82) is 0 Å². The molecule has 2 N–H and O–H groups in total. The zero-order valence-electron chi connectivity index (χ0n) is 10.3. The zero-order chi connectivity index (χ0) is 12.7. The molecule has 0 aliphatic rings. The summed E-state index contributed by atoms with van der Waals surface area (Å²) >= 11 is 3.47. The summed E-state index contributed by atoms with van der Waals surface area (Å²) in [5.41, 5.74) is 1.22. The van der Waals surface area contributed by atoms with Crippen molar-refractivity contribution in [3.63, 3.8) is 0 Å². The van der Waals surface area contributed by atoms with Crippen molar-refractivity contribution in [2.45, 2.75) is 25.4 Å². The number of ether oxygens (including phenoxy) is 1. The number of benzene rings is 1. The molecular weight excluding hydrogens is 282 g/mol. The molecule has 1 aromatic rings.